The van der Waals surface area contributed by atoms with Crippen LogP contribution in [-0.4, -0.2) is 38.5 Å². The van der Waals surface area contributed by atoms with Crippen molar-refractivity contribution in [1.29, 1.82) is 0 Å². The quantitative estimate of drug-likeness (QED) is 0.622. The van der Waals surface area contributed by atoms with Crippen molar-refractivity contribution in [2.24, 2.45) is 5.92 Å². The van der Waals surface area contributed by atoms with E-state index in [-0.39, 0.29) is 0 Å². The molecule has 2 atom stereocenters. The van der Waals surface area contributed by atoms with E-state index in [1.54, 1.807) is 6.20 Å². The fraction of sp³-hybridized carbons (Fsp3) is 0.421. The van der Waals surface area contributed by atoms with Crippen LogP contribution in [0.25, 0.3) is 5.65 Å². The van der Waals surface area contributed by atoms with E-state index in [1.165, 1.54) is 0 Å². The van der Waals surface area contributed by atoms with Crippen LogP contribution in [0.1, 0.15) is 25.5 Å². The second-order valence-corrected chi connectivity index (χ2v) is 7.38. The van der Waals surface area contributed by atoms with E-state index in [9.17, 15) is 0 Å². The van der Waals surface area contributed by atoms with Gasteiger partial charge in [0.1, 0.15) is 10.7 Å². The first-order valence-electron chi connectivity index (χ1n) is 9.34. The minimum atomic E-state index is 0.362. The first-order chi connectivity index (χ1) is 13.1. The lowest BCUT2D eigenvalue weighted by molar-refractivity contribution is 0.335. The van der Waals surface area contributed by atoms with Crippen LogP contribution in [0.15, 0.2) is 30.7 Å². The molecule has 0 spiro atoms. The molecule has 3 aromatic heterocycles. The number of nitrogens with one attached hydrogen (secondary N) is 3. The van der Waals surface area contributed by atoms with Crippen LogP contribution in [0.2, 0.25) is 5.02 Å². The summed E-state index contributed by atoms with van der Waals surface area (Å²) >= 11 is 6.35. The highest BCUT2D eigenvalue weighted by Crippen LogP contribution is 2.26. The molecule has 4 heterocycles. The third kappa shape index (κ3) is 3.84. The monoisotopic (exact) mass is 385 g/mol. The summed E-state index contributed by atoms with van der Waals surface area (Å²) in [7, 11) is 0. The van der Waals surface area contributed by atoms with Gasteiger partial charge in [-0.15, -0.1) is 0 Å². The average Bonchev–Trinajstić information content (AvgIpc) is 3.05. The summed E-state index contributed by atoms with van der Waals surface area (Å²) in [6, 6.07) is 4.31. The maximum absolute atomic E-state index is 6.35. The van der Waals surface area contributed by atoms with Crippen LogP contribution >= 0.6 is 11.6 Å². The number of halogens is 1. The standard InChI is InChI=1S/C19H24ClN7/c1-3-13-10-21-6-4-16(13)25-18-15(20)11-23-19(26-18)24-14-5-7-27-12(2)9-22-17(27)8-14/h5,7-9,11,13,16,21H,3-4,6,10H2,1-2H3,(H2,23,24,25,26). The Morgan fingerprint density at radius 1 is 1.33 bits per heavy atom. The molecule has 1 fully saturated rings. The predicted molar refractivity (Wildman–Crippen MR) is 109 cm³/mol. The molecule has 0 bridgehead atoms. The first kappa shape index (κ1) is 18.0. The van der Waals surface area contributed by atoms with Crippen molar-refractivity contribution < 1.29 is 0 Å². The lowest BCUT2D eigenvalue weighted by Gasteiger charge is -2.32. The Bertz CT molecular complexity index is 939. The molecule has 4 rings (SSSR count). The van der Waals surface area contributed by atoms with Gasteiger partial charge in [0.05, 0.1) is 6.20 Å². The van der Waals surface area contributed by atoms with Gasteiger partial charge in [-0.3, -0.25) is 0 Å². The van der Waals surface area contributed by atoms with Crippen LogP contribution in [0.3, 0.4) is 0 Å². The van der Waals surface area contributed by atoms with E-state index in [1.807, 2.05) is 35.9 Å². The molecule has 0 amide bonds. The molecule has 1 aliphatic heterocycles. The number of anilines is 3. The Kier molecular flexibility index (Phi) is 5.13. The lowest BCUT2D eigenvalue weighted by Crippen LogP contribution is -2.43. The zero-order valence-electron chi connectivity index (χ0n) is 15.5. The highest BCUT2D eigenvalue weighted by molar-refractivity contribution is 6.32. The van der Waals surface area contributed by atoms with Gasteiger partial charge in [0.25, 0.3) is 0 Å². The van der Waals surface area contributed by atoms with E-state index in [0.29, 0.717) is 28.7 Å². The lowest BCUT2D eigenvalue weighted by atomic mass is 9.91. The number of rotatable bonds is 5. The molecule has 7 nitrogen and oxygen atoms in total. The Morgan fingerprint density at radius 3 is 3.07 bits per heavy atom. The van der Waals surface area contributed by atoms with E-state index >= 15 is 0 Å². The Morgan fingerprint density at radius 2 is 2.22 bits per heavy atom. The largest absolute Gasteiger partial charge is 0.366 e. The van der Waals surface area contributed by atoms with Gasteiger partial charge < -0.3 is 20.4 Å². The predicted octanol–water partition coefficient (Wildman–Crippen LogP) is 3.63. The summed E-state index contributed by atoms with van der Waals surface area (Å²) in [4.78, 5) is 13.3. The number of hydrogen-bond acceptors (Lipinski definition) is 6. The number of nitrogens with zero attached hydrogens (tertiary/aromatic N) is 4. The molecule has 0 aromatic carbocycles. The van der Waals surface area contributed by atoms with Crippen molar-refractivity contribution in [1.82, 2.24) is 24.7 Å². The van der Waals surface area contributed by atoms with E-state index < -0.39 is 0 Å². The third-order valence-corrected chi connectivity index (χ3v) is 5.43. The summed E-state index contributed by atoms with van der Waals surface area (Å²) in [5, 5.41) is 10.8. The van der Waals surface area contributed by atoms with Crippen molar-refractivity contribution in [2.45, 2.75) is 32.7 Å². The van der Waals surface area contributed by atoms with Crippen molar-refractivity contribution in [2.75, 3.05) is 23.7 Å². The normalized spacial score (nSPS) is 20.0. The fourth-order valence-electron chi connectivity index (χ4n) is 3.56. The molecule has 2 unspecified atom stereocenters. The van der Waals surface area contributed by atoms with Crippen LogP contribution in [0, 0.1) is 12.8 Å². The van der Waals surface area contributed by atoms with Crippen molar-refractivity contribution in [3.05, 3.63) is 41.4 Å². The number of aryl methyl sites for hydroxylation is 1. The molecular weight excluding hydrogens is 362 g/mol. The van der Waals surface area contributed by atoms with Crippen molar-refractivity contribution in [3.8, 4) is 0 Å². The Hall–Kier alpha value is -2.38. The van der Waals surface area contributed by atoms with Gasteiger partial charge in [0, 0.05) is 35.9 Å². The molecule has 27 heavy (non-hydrogen) atoms. The highest BCUT2D eigenvalue weighted by atomic mass is 35.5. The molecule has 3 N–H and O–H groups in total. The first-order valence-corrected chi connectivity index (χ1v) is 9.72. The summed E-state index contributed by atoms with van der Waals surface area (Å²) < 4.78 is 2.03. The van der Waals surface area contributed by atoms with E-state index in [0.717, 1.165) is 43.0 Å². The summed E-state index contributed by atoms with van der Waals surface area (Å²) in [6.45, 7) is 6.27. The molecule has 1 aliphatic rings. The second kappa shape index (κ2) is 7.70. The maximum Gasteiger partial charge on any atom is 0.229 e. The number of aromatic nitrogens is 4. The molecular formula is C19H24ClN7. The van der Waals surface area contributed by atoms with Gasteiger partial charge in [-0.05, 0) is 38.4 Å². The summed E-state index contributed by atoms with van der Waals surface area (Å²) in [5.74, 6) is 1.75. The number of piperidine rings is 1. The number of imidazole rings is 1. The SMILES string of the molecule is CCC1CNCCC1Nc1nc(Nc2ccn3c(C)cnc3c2)ncc1Cl. The van der Waals surface area contributed by atoms with E-state index in [2.05, 4.69) is 37.8 Å². The minimum Gasteiger partial charge on any atom is -0.366 e. The number of pyridine rings is 1. The number of fused-ring (bicyclic) bond motifs is 1. The highest BCUT2D eigenvalue weighted by Gasteiger charge is 2.24. The Balaban J connectivity index is 1.54. The zero-order valence-corrected chi connectivity index (χ0v) is 16.3. The molecule has 142 valence electrons. The second-order valence-electron chi connectivity index (χ2n) is 6.97. The van der Waals surface area contributed by atoms with Gasteiger partial charge in [-0.1, -0.05) is 24.9 Å². The molecule has 0 aliphatic carbocycles. The zero-order chi connectivity index (χ0) is 18.8. The van der Waals surface area contributed by atoms with E-state index in [4.69, 9.17) is 11.6 Å². The number of hydrogen-bond donors (Lipinski definition) is 3. The van der Waals surface area contributed by atoms with Gasteiger partial charge in [0.15, 0.2) is 5.82 Å². The van der Waals surface area contributed by atoms with Crippen molar-refractivity contribution >= 4 is 34.7 Å². The van der Waals surface area contributed by atoms with Crippen LogP contribution in [-0.2, 0) is 0 Å². The van der Waals surface area contributed by atoms with Crippen LogP contribution in [0.5, 0.6) is 0 Å². The topological polar surface area (TPSA) is 79.2 Å². The van der Waals surface area contributed by atoms with Crippen LogP contribution < -0.4 is 16.0 Å². The Labute approximate surface area is 163 Å². The molecule has 0 radical (unpaired) electrons. The minimum absolute atomic E-state index is 0.362. The molecule has 0 saturated carbocycles. The van der Waals surface area contributed by atoms with Gasteiger partial charge in [-0.2, -0.15) is 4.98 Å². The van der Waals surface area contributed by atoms with Gasteiger partial charge in [-0.25, -0.2) is 9.97 Å². The van der Waals surface area contributed by atoms with Gasteiger partial charge in [0.2, 0.25) is 5.95 Å². The molecule has 8 heteroatoms. The summed E-state index contributed by atoms with van der Waals surface area (Å²) in [6.07, 6.45) is 7.64. The third-order valence-electron chi connectivity index (χ3n) is 5.15. The van der Waals surface area contributed by atoms with Crippen LogP contribution in [0.4, 0.5) is 17.5 Å². The van der Waals surface area contributed by atoms with Crippen molar-refractivity contribution in [3.63, 3.8) is 0 Å². The fourth-order valence-corrected chi connectivity index (χ4v) is 3.71. The average molecular weight is 386 g/mol. The van der Waals surface area contributed by atoms with Gasteiger partial charge >= 0.3 is 0 Å². The summed E-state index contributed by atoms with van der Waals surface area (Å²) in [5.41, 5.74) is 2.86. The molecule has 1 saturated heterocycles. The smallest absolute Gasteiger partial charge is 0.229 e. The maximum atomic E-state index is 6.35. The molecule has 3 aromatic rings.